The number of nitrogens with one attached hydrogen (secondary N) is 1. The first-order chi connectivity index (χ1) is 8.29. The number of rotatable bonds is 1. The lowest BCUT2D eigenvalue weighted by molar-refractivity contribution is -0.145. The summed E-state index contributed by atoms with van der Waals surface area (Å²) in [5, 5.41) is 1.25. The number of esters is 1. The molecule has 3 rings (SSSR count). The number of ether oxygens (including phenoxy) is 1. The minimum absolute atomic E-state index is 0.0201. The number of aryl methyl sites for hydroxylation is 1. The van der Waals surface area contributed by atoms with E-state index in [-0.39, 0.29) is 11.9 Å². The van der Waals surface area contributed by atoms with Crippen molar-refractivity contribution in [3.63, 3.8) is 0 Å². The monoisotopic (exact) mass is 229 g/mol. The number of H-pyrrole nitrogens is 1. The molecule has 0 radical (unpaired) electrons. The Morgan fingerprint density at radius 3 is 3.06 bits per heavy atom. The Morgan fingerprint density at radius 2 is 2.24 bits per heavy atom. The maximum Gasteiger partial charge on any atom is 0.309 e. The number of para-hydroxylation sites is 1. The number of fused-ring (bicyclic) bond motifs is 3. The zero-order valence-corrected chi connectivity index (χ0v) is 9.82. The minimum Gasteiger partial charge on any atom is -0.469 e. The van der Waals surface area contributed by atoms with E-state index in [9.17, 15) is 4.79 Å². The molecule has 0 aliphatic heterocycles. The van der Waals surface area contributed by atoms with Gasteiger partial charge in [0.15, 0.2) is 0 Å². The first kappa shape index (κ1) is 10.4. The highest BCUT2D eigenvalue weighted by molar-refractivity contribution is 5.86. The standard InChI is InChI=1S/C14H15NO2/c1-17-14(16)9-6-7-13-11(8-9)10-4-2-3-5-12(10)15-13/h2-5,9,15H,6-8H2,1H3. The molecule has 0 bridgehead atoms. The highest BCUT2D eigenvalue weighted by atomic mass is 16.5. The Balaban J connectivity index is 2.03. The van der Waals surface area contributed by atoms with Gasteiger partial charge in [0.2, 0.25) is 0 Å². The van der Waals surface area contributed by atoms with E-state index in [1.165, 1.54) is 29.3 Å². The van der Waals surface area contributed by atoms with Crippen LogP contribution in [0.15, 0.2) is 24.3 Å². The van der Waals surface area contributed by atoms with Crippen LogP contribution >= 0.6 is 0 Å². The molecule has 0 spiro atoms. The fourth-order valence-electron chi connectivity index (χ4n) is 2.74. The van der Waals surface area contributed by atoms with E-state index < -0.39 is 0 Å². The minimum atomic E-state index is -0.0825. The van der Waals surface area contributed by atoms with Crippen LogP contribution < -0.4 is 0 Å². The van der Waals surface area contributed by atoms with Crippen molar-refractivity contribution in [2.24, 2.45) is 5.92 Å². The van der Waals surface area contributed by atoms with Gasteiger partial charge in [-0.1, -0.05) is 18.2 Å². The summed E-state index contributed by atoms with van der Waals surface area (Å²) < 4.78 is 4.84. The Labute approximate surface area is 99.8 Å². The zero-order valence-electron chi connectivity index (χ0n) is 9.82. The maximum atomic E-state index is 11.6. The molecule has 3 nitrogen and oxygen atoms in total. The lowest BCUT2D eigenvalue weighted by Crippen LogP contribution is -2.23. The normalized spacial score (nSPS) is 19.0. The highest BCUT2D eigenvalue weighted by Gasteiger charge is 2.27. The van der Waals surface area contributed by atoms with Crippen LogP contribution in [-0.2, 0) is 22.4 Å². The van der Waals surface area contributed by atoms with E-state index in [4.69, 9.17) is 4.74 Å². The number of aromatic amines is 1. The van der Waals surface area contributed by atoms with Crippen LogP contribution in [-0.4, -0.2) is 18.1 Å². The molecule has 17 heavy (non-hydrogen) atoms. The summed E-state index contributed by atoms with van der Waals surface area (Å²) in [6.07, 6.45) is 2.61. The van der Waals surface area contributed by atoms with E-state index in [0.29, 0.717) is 0 Å². The van der Waals surface area contributed by atoms with Gasteiger partial charge < -0.3 is 9.72 Å². The molecule has 1 unspecified atom stereocenters. The van der Waals surface area contributed by atoms with Crippen LogP contribution in [0, 0.1) is 5.92 Å². The van der Waals surface area contributed by atoms with Gasteiger partial charge in [-0.25, -0.2) is 0 Å². The van der Waals surface area contributed by atoms with E-state index in [0.717, 1.165) is 19.3 Å². The van der Waals surface area contributed by atoms with Crippen molar-refractivity contribution in [3.05, 3.63) is 35.5 Å². The molecule has 2 aromatic rings. The van der Waals surface area contributed by atoms with Crippen molar-refractivity contribution in [2.45, 2.75) is 19.3 Å². The van der Waals surface area contributed by atoms with Crippen LogP contribution in [0.4, 0.5) is 0 Å². The number of benzene rings is 1. The fraction of sp³-hybridized carbons (Fsp3) is 0.357. The molecular formula is C14H15NO2. The SMILES string of the molecule is COC(=O)C1CCc2[nH]c3ccccc3c2C1. The van der Waals surface area contributed by atoms with Crippen molar-refractivity contribution < 1.29 is 9.53 Å². The molecule has 1 atom stereocenters. The Bertz CT molecular complexity index is 571. The molecule has 0 saturated carbocycles. The molecule has 1 N–H and O–H groups in total. The van der Waals surface area contributed by atoms with Crippen molar-refractivity contribution in [1.29, 1.82) is 0 Å². The van der Waals surface area contributed by atoms with E-state index in [1.807, 2.05) is 12.1 Å². The second-order valence-electron chi connectivity index (χ2n) is 4.59. The Hall–Kier alpha value is -1.77. The summed E-state index contributed by atoms with van der Waals surface area (Å²) in [6, 6.07) is 8.27. The van der Waals surface area contributed by atoms with Crippen molar-refractivity contribution in [2.75, 3.05) is 7.11 Å². The highest BCUT2D eigenvalue weighted by Crippen LogP contribution is 2.31. The molecule has 1 aromatic carbocycles. The van der Waals surface area contributed by atoms with Crippen molar-refractivity contribution >= 4 is 16.9 Å². The largest absolute Gasteiger partial charge is 0.469 e. The second-order valence-corrected chi connectivity index (χ2v) is 4.59. The summed E-state index contributed by atoms with van der Waals surface area (Å²) in [5.74, 6) is -0.0624. The topological polar surface area (TPSA) is 42.1 Å². The van der Waals surface area contributed by atoms with Crippen molar-refractivity contribution in [3.8, 4) is 0 Å². The summed E-state index contributed by atoms with van der Waals surface area (Å²) in [6.45, 7) is 0. The molecule has 1 aromatic heterocycles. The first-order valence-electron chi connectivity index (χ1n) is 5.96. The van der Waals surface area contributed by atoms with E-state index in [2.05, 4.69) is 17.1 Å². The quantitative estimate of drug-likeness (QED) is 0.763. The van der Waals surface area contributed by atoms with Gasteiger partial charge in [0.05, 0.1) is 13.0 Å². The number of carbonyl (C=O) groups excluding carboxylic acids is 1. The molecule has 88 valence electrons. The number of carbonyl (C=O) groups is 1. The smallest absolute Gasteiger partial charge is 0.309 e. The molecular weight excluding hydrogens is 214 g/mol. The Morgan fingerprint density at radius 1 is 1.41 bits per heavy atom. The summed E-state index contributed by atoms with van der Waals surface area (Å²) >= 11 is 0. The van der Waals surface area contributed by atoms with Crippen LogP contribution in [0.3, 0.4) is 0 Å². The third-order valence-corrected chi connectivity index (χ3v) is 3.63. The van der Waals surface area contributed by atoms with Crippen LogP contribution in [0.1, 0.15) is 17.7 Å². The van der Waals surface area contributed by atoms with Crippen molar-refractivity contribution in [1.82, 2.24) is 4.98 Å². The van der Waals surface area contributed by atoms with Gasteiger partial charge in [0.25, 0.3) is 0 Å². The van der Waals surface area contributed by atoms with Gasteiger partial charge in [0.1, 0.15) is 0 Å². The number of hydrogen-bond donors (Lipinski definition) is 1. The summed E-state index contributed by atoms with van der Waals surface area (Å²) in [7, 11) is 1.47. The average Bonchev–Trinajstić information content (AvgIpc) is 2.75. The molecule has 0 amide bonds. The number of methoxy groups -OCH3 is 1. The van der Waals surface area contributed by atoms with Gasteiger partial charge >= 0.3 is 5.97 Å². The van der Waals surface area contributed by atoms with Gasteiger partial charge in [-0.15, -0.1) is 0 Å². The predicted molar refractivity (Wildman–Crippen MR) is 65.8 cm³/mol. The number of aromatic nitrogens is 1. The first-order valence-corrected chi connectivity index (χ1v) is 5.96. The summed E-state index contributed by atoms with van der Waals surface area (Å²) in [5.41, 5.74) is 3.75. The van der Waals surface area contributed by atoms with Gasteiger partial charge in [0, 0.05) is 16.6 Å². The molecule has 0 fully saturated rings. The van der Waals surface area contributed by atoms with Gasteiger partial charge in [-0.2, -0.15) is 0 Å². The Kier molecular flexibility index (Phi) is 2.39. The van der Waals surface area contributed by atoms with Gasteiger partial charge in [-0.05, 0) is 30.9 Å². The summed E-state index contributed by atoms with van der Waals surface area (Å²) in [4.78, 5) is 15.0. The zero-order chi connectivity index (χ0) is 11.8. The third-order valence-electron chi connectivity index (χ3n) is 3.63. The second kappa shape index (κ2) is 3.91. The van der Waals surface area contributed by atoms with Crippen LogP contribution in [0.25, 0.3) is 10.9 Å². The van der Waals surface area contributed by atoms with E-state index >= 15 is 0 Å². The fourth-order valence-corrected chi connectivity index (χ4v) is 2.74. The third kappa shape index (κ3) is 1.62. The average molecular weight is 229 g/mol. The molecule has 1 heterocycles. The molecule has 1 aliphatic rings. The molecule has 1 aliphatic carbocycles. The van der Waals surface area contributed by atoms with Crippen LogP contribution in [0.2, 0.25) is 0 Å². The van der Waals surface area contributed by atoms with Gasteiger partial charge in [-0.3, -0.25) is 4.79 Å². The molecule has 3 heteroatoms. The van der Waals surface area contributed by atoms with E-state index in [1.54, 1.807) is 0 Å². The number of hydrogen-bond acceptors (Lipinski definition) is 2. The molecule has 0 saturated heterocycles. The lowest BCUT2D eigenvalue weighted by atomic mass is 9.86. The maximum absolute atomic E-state index is 11.6. The predicted octanol–water partition coefficient (Wildman–Crippen LogP) is 2.45. The van der Waals surface area contributed by atoms with Crippen LogP contribution in [0.5, 0.6) is 0 Å². The lowest BCUT2D eigenvalue weighted by Gasteiger charge is -2.20.